The van der Waals surface area contributed by atoms with Crippen LogP contribution in [0.15, 0.2) is 0 Å². The van der Waals surface area contributed by atoms with E-state index in [0.29, 0.717) is 0 Å². The van der Waals surface area contributed by atoms with Gasteiger partial charge >= 0.3 is 11.9 Å². The molecule has 6 nitrogen and oxygen atoms in total. The Morgan fingerprint density at radius 1 is 1.53 bits per heavy atom. The van der Waals surface area contributed by atoms with Gasteiger partial charge in [-0.3, -0.25) is 14.4 Å². The number of nitrogens with zero attached hydrogens (tertiary/aromatic N) is 1. The number of hydrogen-bond acceptors (Lipinski definition) is 3. The van der Waals surface area contributed by atoms with E-state index < -0.39 is 23.9 Å². The van der Waals surface area contributed by atoms with E-state index >= 15 is 0 Å². The van der Waals surface area contributed by atoms with Crippen LogP contribution in [0, 0.1) is 5.92 Å². The molecule has 15 heavy (non-hydrogen) atoms. The number of aliphatic carboxylic acids is 2. The Balaban J connectivity index is 2.60. The van der Waals surface area contributed by atoms with Gasteiger partial charge < -0.3 is 15.1 Å². The van der Waals surface area contributed by atoms with Crippen molar-refractivity contribution in [3.63, 3.8) is 0 Å². The van der Waals surface area contributed by atoms with Crippen molar-refractivity contribution in [1.29, 1.82) is 0 Å². The minimum Gasteiger partial charge on any atom is -0.481 e. The molecule has 1 unspecified atom stereocenters. The molecule has 0 saturated carbocycles. The SMILES string of the molecule is C[C@H](CC(=O)O)N1CC(C(=O)O)CC1=O. The van der Waals surface area contributed by atoms with Gasteiger partial charge in [0.05, 0.1) is 12.3 Å². The minimum absolute atomic E-state index is 0.0285. The van der Waals surface area contributed by atoms with Crippen LogP contribution < -0.4 is 0 Å². The standard InChI is InChI=1S/C9H13NO5/c1-5(2-8(12)13)10-4-6(9(14)15)3-7(10)11/h5-6H,2-4H2,1H3,(H,12,13)(H,14,15)/t5-,6?/m1/s1. The molecule has 0 aliphatic carbocycles. The molecule has 0 bridgehead atoms. The molecule has 1 aliphatic rings. The van der Waals surface area contributed by atoms with Crippen molar-refractivity contribution in [2.45, 2.75) is 25.8 Å². The number of carboxylic acid groups (broad SMARTS) is 2. The second-order valence-electron chi connectivity index (χ2n) is 3.73. The summed E-state index contributed by atoms with van der Waals surface area (Å²) >= 11 is 0. The highest BCUT2D eigenvalue weighted by atomic mass is 16.4. The zero-order chi connectivity index (χ0) is 11.6. The van der Waals surface area contributed by atoms with E-state index in [2.05, 4.69) is 0 Å². The molecule has 6 heteroatoms. The third kappa shape index (κ3) is 2.68. The van der Waals surface area contributed by atoms with E-state index in [1.807, 2.05) is 0 Å². The summed E-state index contributed by atoms with van der Waals surface area (Å²) in [5, 5.41) is 17.3. The van der Waals surface area contributed by atoms with Gasteiger partial charge in [-0.1, -0.05) is 0 Å². The fourth-order valence-electron chi connectivity index (χ4n) is 1.69. The molecule has 1 heterocycles. The number of carbonyl (C=O) groups is 3. The van der Waals surface area contributed by atoms with E-state index in [4.69, 9.17) is 10.2 Å². The smallest absolute Gasteiger partial charge is 0.308 e. The molecule has 1 rings (SSSR count). The fraction of sp³-hybridized carbons (Fsp3) is 0.667. The van der Waals surface area contributed by atoms with E-state index in [1.165, 1.54) is 4.90 Å². The molecule has 84 valence electrons. The van der Waals surface area contributed by atoms with Gasteiger partial charge in [0, 0.05) is 19.0 Å². The summed E-state index contributed by atoms with van der Waals surface area (Å²) < 4.78 is 0. The second-order valence-corrected chi connectivity index (χ2v) is 3.73. The zero-order valence-electron chi connectivity index (χ0n) is 8.34. The Labute approximate surface area is 86.5 Å². The van der Waals surface area contributed by atoms with Gasteiger partial charge in [0.1, 0.15) is 0 Å². The summed E-state index contributed by atoms with van der Waals surface area (Å²) in [6, 6.07) is -0.445. The molecular weight excluding hydrogens is 202 g/mol. The molecule has 0 aromatic carbocycles. The van der Waals surface area contributed by atoms with Gasteiger partial charge in [-0.25, -0.2) is 0 Å². The van der Waals surface area contributed by atoms with Crippen molar-refractivity contribution in [1.82, 2.24) is 4.90 Å². The van der Waals surface area contributed by atoms with Crippen LogP contribution in [-0.2, 0) is 14.4 Å². The maximum Gasteiger partial charge on any atom is 0.308 e. The van der Waals surface area contributed by atoms with Crippen molar-refractivity contribution in [2.24, 2.45) is 5.92 Å². The highest BCUT2D eigenvalue weighted by Gasteiger charge is 2.36. The quantitative estimate of drug-likeness (QED) is 0.676. The van der Waals surface area contributed by atoms with Gasteiger partial charge in [0.25, 0.3) is 0 Å². The molecule has 0 aromatic heterocycles. The van der Waals surface area contributed by atoms with Crippen LogP contribution in [0.25, 0.3) is 0 Å². The topological polar surface area (TPSA) is 94.9 Å². The average molecular weight is 215 g/mol. The number of likely N-dealkylation sites (tertiary alicyclic amines) is 1. The lowest BCUT2D eigenvalue weighted by molar-refractivity contribution is -0.141. The van der Waals surface area contributed by atoms with Crippen LogP contribution in [0.3, 0.4) is 0 Å². The Hall–Kier alpha value is -1.59. The van der Waals surface area contributed by atoms with Crippen molar-refractivity contribution in [3.05, 3.63) is 0 Å². The normalized spacial score (nSPS) is 22.9. The number of amides is 1. The molecule has 1 saturated heterocycles. The molecule has 1 amide bonds. The van der Waals surface area contributed by atoms with Gasteiger partial charge in [0.2, 0.25) is 5.91 Å². The summed E-state index contributed by atoms with van der Waals surface area (Å²) in [6.07, 6.45) is -0.183. The first-order valence-electron chi connectivity index (χ1n) is 4.66. The lowest BCUT2D eigenvalue weighted by Gasteiger charge is -2.22. The van der Waals surface area contributed by atoms with Crippen LogP contribution >= 0.6 is 0 Å². The molecular formula is C9H13NO5. The number of carbonyl (C=O) groups excluding carboxylic acids is 1. The summed E-state index contributed by atoms with van der Waals surface area (Å²) in [5.74, 6) is -2.98. The number of rotatable bonds is 4. The second kappa shape index (κ2) is 4.29. The van der Waals surface area contributed by atoms with Crippen LogP contribution in [-0.4, -0.2) is 45.5 Å². The Kier molecular flexibility index (Phi) is 3.28. The van der Waals surface area contributed by atoms with Crippen molar-refractivity contribution < 1.29 is 24.6 Å². The van der Waals surface area contributed by atoms with Crippen LogP contribution in [0.2, 0.25) is 0 Å². The molecule has 2 atom stereocenters. The van der Waals surface area contributed by atoms with Gasteiger partial charge in [-0.15, -0.1) is 0 Å². The van der Waals surface area contributed by atoms with Crippen molar-refractivity contribution in [3.8, 4) is 0 Å². The van der Waals surface area contributed by atoms with E-state index in [9.17, 15) is 14.4 Å². The van der Waals surface area contributed by atoms with Gasteiger partial charge in [-0.05, 0) is 6.92 Å². The Morgan fingerprint density at radius 3 is 2.53 bits per heavy atom. The van der Waals surface area contributed by atoms with E-state index in [0.717, 1.165) is 0 Å². The Bertz CT molecular complexity index is 301. The average Bonchev–Trinajstić information content (AvgIpc) is 2.46. The van der Waals surface area contributed by atoms with E-state index in [-0.39, 0.29) is 25.3 Å². The first-order valence-corrected chi connectivity index (χ1v) is 4.66. The number of carboxylic acids is 2. The molecule has 0 spiro atoms. The fourth-order valence-corrected chi connectivity index (χ4v) is 1.69. The third-order valence-electron chi connectivity index (χ3n) is 2.51. The lowest BCUT2D eigenvalue weighted by atomic mass is 10.1. The van der Waals surface area contributed by atoms with Crippen LogP contribution in [0.5, 0.6) is 0 Å². The molecule has 1 aliphatic heterocycles. The predicted molar refractivity (Wildman–Crippen MR) is 49.2 cm³/mol. The monoisotopic (exact) mass is 215 g/mol. The van der Waals surface area contributed by atoms with Crippen molar-refractivity contribution in [2.75, 3.05) is 6.54 Å². The molecule has 1 fully saturated rings. The molecule has 2 N–H and O–H groups in total. The maximum atomic E-state index is 11.4. The lowest BCUT2D eigenvalue weighted by Crippen LogP contribution is -2.36. The van der Waals surface area contributed by atoms with Gasteiger partial charge in [-0.2, -0.15) is 0 Å². The first-order chi connectivity index (χ1) is 6.91. The highest BCUT2D eigenvalue weighted by Crippen LogP contribution is 2.21. The van der Waals surface area contributed by atoms with Crippen molar-refractivity contribution >= 4 is 17.8 Å². The molecule has 0 radical (unpaired) electrons. The first kappa shape index (κ1) is 11.5. The summed E-state index contributed by atoms with van der Waals surface area (Å²) in [5.41, 5.74) is 0. The Morgan fingerprint density at radius 2 is 2.13 bits per heavy atom. The zero-order valence-corrected chi connectivity index (χ0v) is 8.34. The number of hydrogen-bond donors (Lipinski definition) is 2. The van der Waals surface area contributed by atoms with Gasteiger partial charge in [0.15, 0.2) is 0 Å². The molecule has 0 aromatic rings. The largest absolute Gasteiger partial charge is 0.481 e. The summed E-state index contributed by atoms with van der Waals surface area (Å²) in [6.45, 7) is 1.72. The van der Waals surface area contributed by atoms with Crippen LogP contribution in [0.4, 0.5) is 0 Å². The third-order valence-corrected chi connectivity index (χ3v) is 2.51. The van der Waals surface area contributed by atoms with Crippen LogP contribution in [0.1, 0.15) is 19.8 Å². The summed E-state index contributed by atoms with van der Waals surface area (Å²) in [7, 11) is 0. The van der Waals surface area contributed by atoms with E-state index in [1.54, 1.807) is 6.92 Å². The highest BCUT2D eigenvalue weighted by molar-refractivity contribution is 5.86. The summed E-state index contributed by atoms with van der Waals surface area (Å²) in [4.78, 5) is 33.8. The predicted octanol–water partition coefficient (Wildman–Crippen LogP) is -0.217. The maximum absolute atomic E-state index is 11.4. The minimum atomic E-state index is -1.01.